The molecule has 1 aromatic carbocycles. The van der Waals surface area contributed by atoms with Crippen LogP contribution < -0.4 is 0 Å². The maximum absolute atomic E-state index is 11.8. The zero-order valence-corrected chi connectivity index (χ0v) is 13.4. The van der Waals surface area contributed by atoms with Gasteiger partial charge in [0, 0.05) is 0 Å². The van der Waals surface area contributed by atoms with Crippen molar-refractivity contribution in [2.24, 2.45) is 11.3 Å². The summed E-state index contributed by atoms with van der Waals surface area (Å²) in [4.78, 5) is 23.6. The second-order valence-corrected chi connectivity index (χ2v) is 6.31. The smallest absolute Gasteiger partial charge is 0.320 e. The molecule has 0 N–H and O–H groups in total. The van der Waals surface area contributed by atoms with Gasteiger partial charge in [-0.05, 0) is 29.4 Å². The zero-order valence-electron chi connectivity index (χ0n) is 13.4. The Balaban J connectivity index is 3.04. The maximum Gasteiger partial charge on any atom is 0.320 e. The fraction of sp³-hybridized carbons (Fsp3) is 0.529. The Bertz CT molecular complexity index is 484. The molecule has 0 radical (unpaired) electrons. The lowest BCUT2D eigenvalue weighted by Gasteiger charge is -2.21. The third-order valence-corrected chi connectivity index (χ3v) is 3.23. The van der Waals surface area contributed by atoms with Gasteiger partial charge >= 0.3 is 11.9 Å². The summed E-state index contributed by atoms with van der Waals surface area (Å²) in [6.45, 7) is 6.46. The minimum Gasteiger partial charge on any atom is -0.468 e. The van der Waals surface area contributed by atoms with Crippen LogP contribution in [0.5, 0.6) is 0 Å². The van der Waals surface area contributed by atoms with Crippen LogP contribution in [0.25, 0.3) is 0 Å². The molecule has 0 aliphatic rings. The molecule has 0 spiro atoms. The molecule has 21 heavy (non-hydrogen) atoms. The number of methoxy groups -OCH3 is 2. The molecule has 4 nitrogen and oxygen atoms in total. The molecule has 0 atom stereocenters. The van der Waals surface area contributed by atoms with Crippen LogP contribution in [0.2, 0.25) is 0 Å². The minimum absolute atomic E-state index is 0.127. The van der Waals surface area contributed by atoms with E-state index in [0.717, 1.165) is 17.5 Å². The highest BCUT2D eigenvalue weighted by atomic mass is 16.5. The van der Waals surface area contributed by atoms with Gasteiger partial charge in [0.05, 0.1) is 14.2 Å². The molecule has 0 aliphatic heterocycles. The first kappa shape index (κ1) is 17.2. The number of ether oxygens (including phenoxy) is 2. The number of carbonyl (C=O) groups excluding carboxylic acids is 2. The molecular formula is C17H24O4. The van der Waals surface area contributed by atoms with Crippen LogP contribution in [-0.2, 0) is 31.9 Å². The van der Waals surface area contributed by atoms with E-state index in [1.165, 1.54) is 14.2 Å². The summed E-state index contributed by atoms with van der Waals surface area (Å²) in [5.41, 5.74) is 2.25. The van der Waals surface area contributed by atoms with Gasteiger partial charge < -0.3 is 9.47 Å². The number of hydrogen-bond donors (Lipinski definition) is 0. The van der Waals surface area contributed by atoms with Gasteiger partial charge in [0.15, 0.2) is 5.92 Å². The second-order valence-electron chi connectivity index (χ2n) is 6.31. The van der Waals surface area contributed by atoms with Gasteiger partial charge in [-0.3, -0.25) is 9.59 Å². The predicted octanol–water partition coefficient (Wildman–Crippen LogP) is 2.78. The summed E-state index contributed by atoms with van der Waals surface area (Å²) in [5, 5.41) is 0. The highest BCUT2D eigenvalue weighted by molar-refractivity contribution is 5.95. The van der Waals surface area contributed by atoms with E-state index < -0.39 is 17.9 Å². The van der Waals surface area contributed by atoms with E-state index in [9.17, 15) is 9.59 Å². The van der Waals surface area contributed by atoms with E-state index in [-0.39, 0.29) is 5.41 Å². The molecule has 0 amide bonds. The summed E-state index contributed by atoms with van der Waals surface area (Å²) in [6.07, 6.45) is 1.17. The van der Waals surface area contributed by atoms with Crippen molar-refractivity contribution < 1.29 is 19.1 Å². The molecule has 116 valence electrons. The van der Waals surface area contributed by atoms with Crippen LogP contribution in [0.1, 0.15) is 31.9 Å². The largest absolute Gasteiger partial charge is 0.468 e. The van der Waals surface area contributed by atoms with Crippen molar-refractivity contribution in [1.29, 1.82) is 0 Å². The van der Waals surface area contributed by atoms with Crippen LogP contribution in [-0.4, -0.2) is 26.2 Å². The van der Waals surface area contributed by atoms with Crippen LogP contribution in [0.3, 0.4) is 0 Å². The third kappa shape index (κ3) is 5.21. The molecule has 0 fully saturated rings. The third-order valence-electron chi connectivity index (χ3n) is 3.23. The number of benzene rings is 1. The number of rotatable bonds is 5. The van der Waals surface area contributed by atoms with E-state index in [4.69, 9.17) is 9.47 Å². The summed E-state index contributed by atoms with van der Waals surface area (Å²) < 4.78 is 9.42. The van der Waals surface area contributed by atoms with Gasteiger partial charge in [0.25, 0.3) is 0 Å². The molecule has 0 aromatic heterocycles. The van der Waals surface area contributed by atoms with Crippen molar-refractivity contribution in [2.45, 2.75) is 33.6 Å². The molecule has 4 heteroatoms. The van der Waals surface area contributed by atoms with Crippen LogP contribution in [0, 0.1) is 11.3 Å². The average Bonchev–Trinajstić information content (AvgIpc) is 2.43. The van der Waals surface area contributed by atoms with Gasteiger partial charge in [0.1, 0.15) is 0 Å². The van der Waals surface area contributed by atoms with Crippen LogP contribution >= 0.6 is 0 Å². The highest BCUT2D eigenvalue weighted by Crippen LogP contribution is 2.25. The van der Waals surface area contributed by atoms with Crippen molar-refractivity contribution in [3.05, 3.63) is 35.4 Å². The molecule has 0 bridgehead atoms. The first-order valence-corrected chi connectivity index (χ1v) is 7.01. The molecule has 0 heterocycles. The maximum atomic E-state index is 11.8. The van der Waals surface area contributed by atoms with Crippen molar-refractivity contribution >= 4 is 11.9 Å². The molecule has 0 unspecified atom stereocenters. The normalized spacial score (nSPS) is 11.3. The molecule has 0 saturated carbocycles. The Labute approximate surface area is 126 Å². The average molecular weight is 292 g/mol. The monoisotopic (exact) mass is 292 g/mol. The summed E-state index contributed by atoms with van der Waals surface area (Å²) in [6, 6.07) is 7.86. The molecule has 0 saturated heterocycles. The lowest BCUT2D eigenvalue weighted by atomic mass is 9.84. The van der Waals surface area contributed by atoms with Gasteiger partial charge in [-0.2, -0.15) is 0 Å². The quantitative estimate of drug-likeness (QED) is 0.618. The van der Waals surface area contributed by atoms with Crippen molar-refractivity contribution in [3.63, 3.8) is 0 Å². The Kier molecular flexibility index (Phi) is 5.94. The SMILES string of the molecule is COC(=O)C(Cc1ccccc1CC(C)(C)C)C(=O)OC. The highest BCUT2D eigenvalue weighted by Gasteiger charge is 2.29. The Hall–Kier alpha value is -1.84. The zero-order chi connectivity index (χ0) is 16.0. The van der Waals surface area contributed by atoms with E-state index >= 15 is 0 Å². The lowest BCUT2D eigenvalue weighted by Crippen LogP contribution is -2.29. The standard InChI is InChI=1S/C17H24O4/c1-17(2,3)11-13-9-7-6-8-12(13)10-14(15(18)20-4)16(19)21-5/h6-9,14H,10-11H2,1-5H3. The van der Waals surface area contributed by atoms with Crippen molar-refractivity contribution in [3.8, 4) is 0 Å². The van der Waals surface area contributed by atoms with Gasteiger partial charge in [0.2, 0.25) is 0 Å². The predicted molar refractivity (Wildman–Crippen MR) is 80.8 cm³/mol. The minimum atomic E-state index is -0.916. The van der Waals surface area contributed by atoms with E-state index in [0.29, 0.717) is 6.42 Å². The molecule has 1 rings (SSSR count). The van der Waals surface area contributed by atoms with Crippen LogP contribution in [0.4, 0.5) is 0 Å². The van der Waals surface area contributed by atoms with E-state index in [1.807, 2.05) is 24.3 Å². The van der Waals surface area contributed by atoms with Crippen molar-refractivity contribution in [2.75, 3.05) is 14.2 Å². The summed E-state index contributed by atoms with van der Waals surface area (Å²) >= 11 is 0. The Morgan fingerprint density at radius 2 is 1.48 bits per heavy atom. The number of esters is 2. The van der Waals surface area contributed by atoms with Gasteiger partial charge in [-0.25, -0.2) is 0 Å². The second kappa shape index (κ2) is 7.25. The molecule has 0 aliphatic carbocycles. The van der Waals surface area contributed by atoms with Crippen molar-refractivity contribution in [1.82, 2.24) is 0 Å². The number of carbonyl (C=O) groups is 2. The lowest BCUT2D eigenvalue weighted by molar-refractivity contribution is -0.158. The van der Waals surface area contributed by atoms with E-state index in [1.54, 1.807) is 0 Å². The first-order valence-electron chi connectivity index (χ1n) is 7.01. The number of hydrogen-bond acceptors (Lipinski definition) is 4. The Morgan fingerprint density at radius 3 is 1.90 bits per heavy atom. The fourth-order valence-corrected chi connectivity index (χ4v) is 2.27. The molecule has 1 aromatic rings. The van der Waals surface area contributed by atoms with Gasteiger partial charge in [-0.15, -0.1) is 0 Å². The topological polar surface area (TPSA) is 52.6 Å². The first-order chi connectivity index (χ1) is 9.78. The summed E-state index contributed by atoms with van der Waals surface area (Å²) in [7, 11) is 2.55. The van der Waals surface area contributed by atoms with Crippen LogP contribution in [0.15, 0.2) is 24.3 Å². The van der Waals surface area contributed by atoms with E-state index in [2.05, 4.69) is 20.8 Å². The molecular weight excluding hydrogens is 268 g/mol. The summed E-state index contributed by atoms with van der Waals surface area (Å²) in [5.74, 6) is -2.04. The Morgan fingerprint density at radius 1 is 1.00 bits per heavy atom. The van der Waals surface area contributed by atoms with Gasteiger partial charge in [-0.1, -0.05) is 45.0 Å². The fourth-order valence-electron chi connectivity index (χ4n) is 2.27.